The van der Waals surface area contributed by atoms with E-state index in [9.17, 15) is 15.3 Å². The molecule has 3 rings (SSSR count). The van der Waals surface area contributed by atoms with Crippen LogP contribution < -0.4 is 0 Å². The number of aromatic hydroxyl groups is 3. The van der Waals surface area contributed by atoms with Crippen molar-refractivity contribution in [2.24, 2.45) is 0 Å². The van der Waals surface area contributed by atoms with Gasteiger partial charge in [0.25, 0.3) is 5.89 Å². The van der Waals surface area contributed by atoms with Crippen LogP contribution in [0.5, 0.6) is 17.2 Å². The van der Waals surface area contributed by atoms with Crippen LogP contribution in [0.3, 0.4) is 0 Å². The van der Waals surface area contributed by atoms with E-state index in [4.69, 9.17) is 4.52 Å². The van der Waals surface area contributed by atoms with Crippen LogP contribution in [0.2, 0.25) is 0 Å². The van der Waals surface area contributed by atoms with Crippen LogP contribution in [0.25, 0.3) is 11.5 Å². The second-order valence-corrected chi connectivity index (χ2v) is 4.56. The van der Waals surface area contributed by atoms with E-state index in [1.807, 2.05) is 0 Å². The highest BCUT2D eigenvalue weighted by molar-refractivity contribution is 5.64. The average Bonchev–Trinajstić information content (AvgIpc) is 2.92. The standard InChI is InChI=1S/C15H12N2O4/c18-10-3-1-9(2-4-10)7-14-16-15(21-17-14)12-8-11(19)5-6-13(12)20/h1-6,8,18-20H,7H2. The molecule has 6 nitrogen and oxygen atoms in total. The molecule has 106 valence electrons. The van der Waals surface area contributed by atoms with Crippen LogP contribution in [0.1, 0.15) is 11.4 Å². The molecule has 0 fully saturated rings. The summed E-state index contributed by atoms with van der Waals surface area (Å²) < 4.78 is 5.10. The van der Waals surface area contributed by atoms with Crippen molar-refractivity contribution in [3.8, 4) is 28.7 Å². The summed E-state index contributed by atoms with van der Waals surface area (Å²) >= 11 is 0. The molecule has 3 N–H and O–H groups in total. The first-order valence-electron chi connectivity index (χ1n) is 6.24. The van der Waals surface area contributed by atoms with Crippen molar-refractivity contribution in [3.63, 3.8) is 0 Å². The fourth-order valence-electron chi connectivity index (χ4n) is 1.93. The largest absolute Gasteiger partial charge is 0.508 e. The third kappa shape index (κ3) is 2.79. The van der Waals surface area contributed by atoms with Gasteiger partial charge in [-0.25, -0.2) is 0 Å². The minimum Gasteiger partial charge on any atom is -0.508 e. The molecule has 1 heterocycles. The lowest BCUT2D eigenvalue weighted by Crippen LogP contribution is -1.90. The van der Waals surface area contributed by atoms with Crippen LogP contribution in [-0.4, -0.2) is 25.5 Å². The monoisotopic (exact) mass is 284 g/mol. The Balaban J connectivity index is 1.86. The van der Waals surface area contributed by atoms with E-state index in [0.29, 0.717) is 12.2 Å². The summed E-state index contributed by atoms with van der Waals surface area (Å²) in [6.45, 7) is 0. The van der Waals surface area contributed by atoms with E-state index in [2.05, 4.69) is 10.1 Å². The van der Waals surface area contributed by atoms with E-state index in [1.165, 1.54) is 18.2 Å². The molecule has 0 amide bonds. The van der Waals surface area contributed by atoms with Crippen LogP contribution in [0.15, 0.2) is 47.0 Å². The van der Waals surface area contributed by atoms with E-state index >= 15 is 0 Å². The van der Waals surface area contributed by atoms with Gasteiger partial charge in [0.1, 0.15) is 17.2 Å². The van der Waals surface area contributed by atoms with Gasteiger partial charge >= 0.3 is 0 Å². The molecule has 0 aliphatic carbocycles. The van der Waals surface area contributed by atoms with Gasteiger partial charge in [-0.1, -0.05) is 17.3 Å². The fourth-order valence-corrected chi connectivity index (χ4v) is 1.93. The van der Waals surface area contributed by atoms with Gasteiger partial charge in [0.05, 0.1) is 5.56 Å². The molecule has 0 atom stereocenters. The maximum Gasteiger partial charge on any atom is 0.261 e. The SMILES string of the molecule is Oc1ccc(Cc2noc(-c3cc(O)ccc3O)n2)cc1. The molecule has 2 aromatic carbocycles. The van der Waals surface area contributed by atoms with Gasteiger partial charge < -0.3 is 19.8 Å². The molecule has 0 radical (unpaired) electrons. The van der Waals surface area contributed by atoms with Crippen molar-refractivity contribution in [2.75, 3.05) is 0 Å². The Hall–Kier alpha value is -3.02. The zero-order valence-electron chi connectivity index (χ0n) is 10.9. The summed E-state index contributed by atoms with van der Waals surface area (Å²) in [7, 11) is 0. The summed E-state index contributed by atoms with van der Waals surface area (Å²) in [5, 5.41) is 32.3. The van der Waals surface area contributed by atoms with Gasteiger partial charge in [0.2, 0.25) is 0 Å². The van der Waals surface area contributed by atoms with Crippen molar-refractivity contribution >= 4 is 0 Å². The number of aromatic nitrogens is 2. The van der Waals surface area contributed by atoms with Gasteiger partial charge in [-0.3, -0.25) is 0 Å². The highest BCUT2D eigenvalue weighted by Gasteiger charge is 2.14. The normalized spacial score (nSPS) is 10.7. The highest BCUT2D eigenvalue weighted by Crippen LogP contribution is 2.31. The molecular weight excluding hydrogens is 272 g/mol. The Kier molecular flexibility index (Phi) is 3.19. The minimum atomic E-state index is -0.0485. The van der Waals surface area contributed by atoms with E-state index in [0.717, 1.165) is 5.56 Å². The van der Waals surface area contributed by atoms with Crippen molar-refractivity contribution in [3.05, 3.63) is 53.9 Å². The van der Waals surface area contributed by atoms with Crippen molar-refractivity contribution in [2.45, 2.75) is 6.42 Å². The summed E-state index contributed by atoms with van der Waals surface area (Å²) in [4.78, 5) is 4.19. The topological polar surface area (TPSA) is 99.6 Å². The van der Waals surface area contributed by atoms with E-state index in [1.54, 1.807) is 24.3 Å². The Morgan fingerprint density at radius 1 is 0.905 bits per heavy atom. The molecule has 0 spiro atoms. The quantitative estimate of drug-likeness (QED) is 0.639. The molecule has 0 saturated carbocycles. The van der Waals surface area contributed by atoms with Crippen LogP contribution in [-0.2, 0) is 6.42 Å². The number of phenols is 3. The first-order chi connectivity index (χ1) is 10.1. The number of phenolic OH excluding ortho intramolecular Hbond substituents is 3. The lowest BCUT2D eigenvalue weighted by atomic mass is 10.1. The Labute approximate surface area is 119 Å². The van der Waals surface area contributed by atoms with Crippen LogP contribution in [0, 0.1) is 0 Å². The van der Waals surface area contributed by atoms with Crippen molar-refractivity contribution in [1.29, 1.82) is 0 Å². The van der Waals surface area contributed by atoms with Gasteiger partial charge in [0.15, 0.2) is 5.82 Å². The predicted molar refractivity (Wildman–Crippen MR) is 74.0 cm³/mol. The average molecular weight is 284 g/mol. The van der Waals surface area contributed by atoms with Gasteiger partial charge in [0, 0.05) is 6.42 Å². The second-order valence-electron chi connectivity index (χ2n) is 4.56. The van der Waals surface area contributed by atoms with Crippen LogP contribution in [0.4, 0.5) is 0 Å². The lowest BCUT2D eigenvalue weighted by Gasteiger charge is -1.99. The van der Waals surface area contributed by atoms with Gasteiger partial charge in [-0.2, -0.15) is 4.98 Å². The molecule has 3 aromatic rings. The molecule has 21 heavy (non-hydrogen) atoms. The number of rotatable bonds is 3. The molecular formula is C15H12N2O4. The lowest BCUT2D eigenvalue weighted by molar-refractivity contribution is 0.417. The molecule has 6 heteroatoms. The predicted octanol–water partition coefficient (Wildman–Crippen LogP) is 2.44. The zero-order chi connectivity index (χ0) is 14.8. The second kappa shape index (κ2) is 5.16. The first kappa shape index (κ1) is 13.0. The highest BCUT2D eigenvalue weighted by atomic mass is 16.5. The molecule has 0 aliphatic rings. The van der Waals surface area contributed by atoms with Crippen LogP contribution >= 0.6 is 0 Å². The Bertz CT molecular complexity index is 766. The van der Waals surface area contributed by atoms with Crippen molar-refractivity contribution < 1.29 is 19.8 Å². The van der Waals surface area contributed by atoms with E-state index < -0.39 is 0 Å². The summed E-state index contributed by atoms with van der Waals surface area (Å²) in [5.74, 6) is 0.724. The summed E-state index contributed by atoms with van der Waals surface area (Å²) in [5.41, 5.74) is 1.19. The van der Waals surface area contributed by atoms with Gasteiger partial charge in [-0.15, -0.1) is 0 Å². The van der Waals surface area contributed by atoms with Crippen molar-refractivity contribution in [1.82, 2.24) is 10.1 Å². The third-order valence-corrected chi connectivity index (χ3v) is 2.98. The number of hydrogen-bond acceptors (Lipinski definition) is 6. The molecule has 0 aliphatic heterocycles. The molecule has 0 bridgehead atoms. The number of benzene rings is 2. The van der Waals surface area contributed by atoms with E-state index in [-0.39, 0.29) is 28.7 Å². The maximum absolute atomic E-state index is 9.75. The number of hydrogen-bond donors (Lipinski definition) is 3. The van der Waals surface area contributed by atoms with Gasteiger partial charge in [-0.05, 0) is 35.9 Å². The smallest absolute Gasteiger partial charge is 0.261 e. The Morgan fingerprint density at radius 2 is 1.62 bits per heavy atom. The number of nitrogens with zero attached hydrogens (tertiary/aromatic N) is 2. The molecule has 0 unspecified atom stereocenters. The minimum absolute atomic E-state index is 0.00100. The Morgan fingerprint density at radius 3 is 2.38 bits per heavy atom. The molecule has 1 aromatic heterocycles. The fraction of sp³-hybridized carbons (Fsp3) is 0.0667. The summed E-state index contributed by atoms with van der Waals surface area (Å²) in [6, 6.07) is 10.8. The molecule has 0 saturated heterocycles. The zero-order valence-corrected chi connectivity index (χ0v) is 10.9. The maximum atomic E-state index is 9.75. The third-order valence-electron chi connectivity index (χ3n) is 2.98. The summed E-state index contributed by atoms with van der Waals surface area (Å²) in [6.07, 6.45) is 0.434. The first-order valence-corrected chi connectivity index (χ1v) is 6.24.